The van der Waals surface area contributed by atoms with Crippen LogP contribution in [0, 0.1) is 12.7 Å². The topological polar surface area (TPSA) is 53.1 Å². The molecule has 0 amide bonds. The second-order valence-corrected chi connectivity index (χ2v) is 4.79. The van der Waals surface area contributed by atoms with Crippen LogP contribution in [0.25, 0.3) is 16.7 Å². The third-order valence-electron chi connectivity index (χ3n) is 3.32. The van der Waals surface area contributed by atoms with Crippen molar-refractivity contribution in [1.82, 2.24) is 9.55 Å². The van der Waals surface area contributed by atoms with Gasteiger partial charge in [-0.05, 0) is 44.2 Å². The molecule has 2 N–H and O–H groups in total. The van der Waals surface area contributed by atoms with E-state index in [1.54, 1.807) is 6.07 Å². The van der Waals surface area contributed by atoms with Gasteiger partial charge in [-0.1, -0.05) is 0 Å². The SMILES string of the molecule is CCOc1ccc(-n2c(C)nc3cc(N)ccc32)cc1F. The first kappa shape index (κ1) is 13.4. The number of imidazole rings is 1. The van der Waals surface area contributed by atoms with Crippen molar-refractivity contribution < 1.29 is 9.13 Å². The first-order valence-electron chi connectivity index (χ1n) is 6.77. The number of rotatable bonds is 3. The Morgan fingerprint density at radius 1 is 1.24 bits per heavy atom. The Bertz CT molecular complexity index is 811. The fourth-order valence-corrected chi connectivity index (χ4v) is 2.45. The molecule has 0 saturated heterocycles. The molecule has 1 heterocycles. The third-order valence-corrected chi connectivity index (χ3v) is 3.32. The lowest BCUT2D eigenvalue weighted by Gasteiger charge is -2.10. The van der Waals surface area contributed by atoms with Gasteiger partial charge in [-0.3, -0.25) is 4.57 Å². The molecule has 108 valence electrons. The maximum atomic E-state index is 14.0. The standard InChI is InChI=1S/C16H16FN3O/c1-3-21-16-7-5-12(9-13(16)17)20-10(2)19-14-8-11(18)4-6-15(14)20/h4-9H,3,18H2,1-2H3. The van der Waals surface area contributed by atoms with Crippen LogP contribution < -0.4 is 10.5 Å². The number of nitrogens with zero attached hydrogens (tertiary/aromatic N) is 2. The summed E-state index contributed by atoms with van der Waals surface area (Å²) in [5.41, 5.74) is 8.83. The number of ether oxygens (including phenoxy) is 1. The highest BCUT2D eigenvalue weighted by Crippen LogP contribution is 2.26. The maximum absolute atomic E-state index is 14.0. The molecule has 5 heteroatoms. The molecule has 0 aliphatic heterocycles. The molecule has 1 aromatic heterocycles. The van der Waals surface area contributed by atoms with Crippen molar-refractivity contribution in [2.24, 2.45) is 0 Å². The van der Waals surface area contributed by atoms with Crippen molar-refractivity contribution in [3.05, 3.63) is 48.0 Å². The van der Waals surface area contributed by atoms with Crippen molar-refractivity contribution in [1.29, 1.82) is 0 Å². The van der Waals surface area contributed by atoms with Crippen molar-refractivity contribution >= 4 is 16.7 Å². The average molecular weight is 285 g/mol. The smallest absolute Gasteiger partial charge is 0.167 e. The van der Waals surface area contributed by atoms with Gasteiger partial charge in [-0.15, -0.1) is 0 Å². The number of aryl methyl sites for hydroxylation is 1. The number of hydrogen-bond acceptors (Lipinski definition) is 3. The quantitative estimate of drug-likeness (QED) is 0.750. The van der Waals surface area contributed by atoms with Crippen molar-refractivity contribution in [2.45, 2.75) is 13.8 Å². The van der Waals surface area contributed by atoms with Gasteiger partial charge in [0.25, 0.3) is 0 Å². The Kier molecular flexibility index (Phi) is 3.25. The Labute approximate surface area is 122 Å². The largest absolute Gasteiger partial charge is 0.491 e. The molecule has 4 nitrogen and oxygen atoms in total. The molecule has 0 unspecified atom stereocenters. The summed E-state index contributed by atoms with van der Waals surface area (Å²) in [4.78, 5) is 4.47. The lowest BCUT2D eigenvalue weighted by Crippen LogP contribution is -2.00. The predicted octanol–water partition coefficient (Wildman–Crippen LogP) is 3.45. The summed E-state index contributed by atoms with van der Waals surface area (Å²) < 4.78 is 21.2. The van der Waals surface area contributed by atoms with Gasteiger partial charge < -0.3 is 10.5 Å². The average Bonchev–Trinajstić information content (AvgIpc) is 2.76. The van der Waals surface area contributed by atoms with E-state index in [0.29, 0.717) is 18.0 Å². The van der Waals surface area contributed by atoms with E-state index in [2.05, 4.69) is 4.98 Å². The normalized spacial score (nSPS) is 11.0. The molecular weight excluding hydrogens is 269 g/mol. The second kappa shape index (κ2) is 5.09. The van der Waals surface area contributed by atoms with Crippen LogP contribution >= 0.6 is 0 Å². The second-order valence-electron chi connectivity index (χ2n) is 4.79. The first-order chi connectivity index (χ1) is 10.1. The summed E-state index contributed by atoms with van der Waals surface area (Å²) in [6.07, 6.45) is 0. The van der Waals surface area contributed by atoms with Gasteiger partial charge in [0.1, 0.15) is 5.82 Å². The van der Waals surface area contributed by atoms with E-state index in [-0.39, 0.29) is 11.6 Å². The van der Waals surface area contributed by atoms with Gasteiger partial charge in [-0.2, -0.15) is 0 Å². The lowest BCUT2D eigenvalue weighted by molar-refractivity contribution is 0.321. The van der Waals surface area contributed by atoms with E-state index < -0.39 is 0 Å². The zero-order valence-corrected chi connectivity index (χ0v) is 11.9. The van der Waals surface area contributed by atoms with Gasteiger partial charge in [0, 0.05) is 11.8 Å². The molecule has 0 bridgehead atoms. The highest BCUT2D eigenvalue weighted by atomic mass is 19.1. The van der Waals surface area contributed by atoms with Crippen LogP contribution in [0.3, 0.4) is 0 Å². The van der Waals surface area contributed by atoms with Crippen LogP contribution in [0.15, 0.2) is 36.4 Å². The number of nitrogen functional groups attached to an aromatic ring is 1. The summed E-state index contributed by atoms with van der Waals surface area (Å²) in [7, 11) is 0. The molecule has 0 fully saturated rings. The van der Waals surface area contributed by atoms with Crippen LogP contribution in [0.1, 0.15) is 12.7 Å². The van der Waals surface area contributed by atoms with Gasteiger partial charge >= 0.3 is 0 Å². The molecule has 2 aromatic carbocycles. The number of anilines is 1. The molecule has 0 aliphatic rings. The Hall–Kier alpha value is -2.56. The molecule has 3 rings (SSSR count). The Morgan fingerprint density at radius 3 is 2.76 bits per heavy atom. The summed E-state index contributed by atoms with van der Waals surface area (Å²) in [6, 6.07) is 10.4. The molecule has 0 radical (unpaired) electrons. The van der Waals surface area contributed by atoms with E-state index in [4.69, 9.17) is 10.5 Å². The molecule has 0 aliphatic carbocycles. The van der Waals surface area contributed by atoms with Gasteiger partial charge in [0.05, 0.1) is 23.3 Å². The number of fused-ring (bicyclic) bond motifs is 1. The van der Waals surface area contributed by atoms with E-state index in [0.717, 1.165) is 16.9 Å². The molecular formula is C16H16FN3O. The zero-order valence-electron chi connectivity index (χ0n) is 11.9. The van der Waals surface area contributed by atoms with Gasteiger partial charge in [0.2, 0.25) is 0 Å². The van der Waals surface area contributed by atoms with E-state index in [1.165, 1.54) is 6.07 Å². The highest BCUT2D eigenvalue weighted by molar-refractivity contribution is 5.81. The van der Waals surface area contributed by atoms with Crippen LogP contribution in [-0.2, 0) is 0 Å². The van der Waals surface area contributed by atoms with Crippen LogP contribution in [-0.4, -0.2) is 16.2 Å². The first-order valence-corrected chi connectivity index (χ1v) is 6.77. The molecule has 0 atom stereocenters. The minimum absolute atomic E-state index is 0.257. The summed E-state index contributed by atoms with van der Waals surface area (Å²) in [5, 5.41) is 0. The molecule has 21 heavy (non-hydrogen) atoms. The number of nitrogens with two attached hydrogens (primary N) is 1. The summed E-state index contributed by atoms with van der Waals surface area (Å²) in [6.45, 7) is 4.14. The van der Waals surface area contributed by atoms with E-state index in [1.807, 2.05) is 42.7 Å². The predicted molar refractivity (Wildman–Crippen MR) is 81.3 cm³/mol. The van der Waals surface area contributed by atoms with Crippen LogP contribution in [0.4, 0.5) is 10.1 Å². The van der Waals surface area contributed by atoms with Crippen LogP contribution in [0.2, 0.25) is 0 Å². The van der Waals surface area contributed by atoms with Crippen molar-refractivity contribution in [2.75, 3.05) is 12.3 Å². The van der Waals surface area contributed by atoms with Crippen LogP contribution in [0.5, 0.6) is 5.75 Å². The number of aromatic nitrogens is 2. The fraction of sp³-hybridized carbons (Fsp3) is 0.188. The number of halogens is 1. The fourth-order valence-electron chi connectivity index (χ4n) is 2.45. The number of benzene rings is 2. The minimum Gasteiger partial charge on any atom is -0.491 e. The Balaban J connectivity index is 2.16. The maximum Gasteiger partial charge on any atom is 0.167 e. The summed E-state index contributed by atoms with van der Waals surface area (Å²) >= 11 is 0. The van der Waals surface area contributed by atoms with Crippen molar-refractivity contribution in [3.63, 3.8) is 0 Å². The Morgan fingerprint density at radius 2 is 2.05 bits per heavy atom. The zero-order chi connectivity index (χ0) is 15.0. The monoisotopic (exact) mass is 285 g/mol. The van der Waals surface area contributed by atoms with E-state index >= 15 is 0 Å². The molecule has 3 aromatic rings. The highest BCUT2D eigenvalue weighted by Gasteiger charge is 2.12. The third kappa shape index (κ3) is 2.31. The summed E-state index contributed by atoms with van der Waals surface area (Å²) in [5.74, 6) is 0.651. The molecule has 0 spiro atoms. The number of hydrogen-bond donors (Lipinski definition) is 1. The van der Waals surface area contributed by atoms with Crippen molar-refractivity contribution in [3.8, 4) is 11.4 Å². The van der Waals surface area contributed by atoms with Gasteiger partial charge in [-0.25, -0.2) is 9.37 Å². The lowest BCUT2D eigenvalue weighted by atomic mass is 10.2. The van der Waals surface area contributed by atoms with E-state index in [9.17, 15) is 4.39 Å². The minimum atomic E-state index is -0.383. The molecule has 0 saturated carbocycles. The van der Waals surface area contributed by atoms with Gasteiger partial charge in [0.15, 0.2) is 11.6 Å².